The Morgan fingerprint density at radius 2 is 1.68 bits per heavy atom. The second kappa shape index (κ2) is 13.9. The van der Waals surface area contributed by atoms with Crippen molar-refractivity contribution in [1.29, 1.82) is 0 Å². The number of likely N-dealkylation sites (tertiary alicyclic amines) is 1. The number of sulfonamides is 1. The number of benzene rings is 2. The highest BCUT2D eigenvalue weighted by molar-refractivity contribution is 7.90. The van der Waals surface area contributed by atoms with Crippen LogP contribution in [0.2, 0.25) is 0 Å². The van der Waals surface area contributed by atoms with Gasteiger partial charge in [-0.1, -0.05) is 13.8 Å². The molecule has 12 heteroatoms. The number of hydrogen-bond donors (Lipinski definition) is 1. The molecule has 2 fully saturated rings. The lowest BCUT2D eigenvalue weighted by atomic mass is 10.1. The molecule has 0 bridgehead atoms. The molecule has 44 heavy (non-hydrogen) atoms. The van der Waals surface area contributed by atoms with Crippen LogP contribution in [0.5, 0.6) is 17.2 Å². The lowest BCUT2D eigenvalue weighted by Crippen LogP contribution is -2.38. The lowest BCUT2D eigenvalue weighted by molar-refractivity contribution is 0.0976. The van der Waals surface area contributed by atoms with E-state index in [1.54, 1.807) is 25.3 Å². The van der Waals surface area contributed by atoms with Gasteiger partial charge >= 0.3 is 0 Å². The third-order valence-corrected chi connectivity index (χ3v) is 9.20. The molecule has 0 radical (unpaired) electrons. The summed E-state index contributed by atoms with van der Waals surface area (Å²) in [7, 11) is -4.38. The second-order valence-corrected chi connectivity index (χ2v) is 12.8. The average molecular weight is 630 g/mol. The minimum Gasteiger partial charge on any atom is -0.492 e. The van der Waals surface area contributed by atoms with E-state index in [0.717, 1.165) is 57.5 Å². The fraction of sp³-hybridized carbons (Fsp3) is 0.438. The van der Waals surface area contributed by atoms with Crippen molar-refractivity contribution in [2.75, 3.05) is 26.2 Å². The number of piperidine rings is 1. The number of aromatic nitrogens is 1. The molecule has 1 aliphatic heterocycles. The Balaban J connectivity index is 1.20. The Kier molecular flexibility index (Phi) is 10.00. The van der Waals surface area contributed by atoms with Gasteiger partial charge in [0.1, 0.15) is 23.7 Å². The molecule has 236 valence electrons. The van der Waals surface area contributed by atoms with Gasteiger partial charge in [0.15, 0.2) is 11.6 Å². The van der Waals surface area contributed by atoms with Gasteiger partial charge in [-0.2, -0.15) is 4.39 Å². The molecule has 0 spiro atoms. The molecule has 1 aliphatic carbocycles. The predicted octanol–water partition coefficient (Wildman–Crippen LogP) is 5.66. The summed E-state index contributed by atoms with van der Waals surface area (Å²) in [5.74, 6) is -2.97. The van der Waals surface area contributed by atoms with Gasteiger partial charge in [0.25, 0.3) is 15.9 Å². The Labute approximate surface area is 256 Å². The lowest BCUT2D eigenvalue weighted by Gasteiger charge is -2.31. The van der Waals surface area contributed by atoms with Crippen LogP contribution in [0.15, 0.2) is 59.6 Å². The molecular formula is C32H37F2N3O6S. The first kappa shape index (κ1) is 31.6. The molecular weight excluding hydrogens is 592 g/mol. The molecule has 2 heterocycles. The van der Waals surface area contributed by atoms with E-state index in [4.69, 9.17) is 14.2 Å². The third kappa shape index (κ3) is 7.84. The first-order valence-corrected chi connectivity index (χ1v) is 16.4. The fourth-order valence-electron chi connectivity index (χ4n) is 4.94. The van der Waals surface area contributed by atoms with E-state index in [1.807, 2.05) is 4.72 Å². The zero-order valence-electron chi connectivity index (χ0n) is 24.8. The standard InChI is InChI=1S/C32H37F2N3O6S/c1-3-28(27-13-9-24(19-35-27)41-20-21-5-6-21)43-29-14-12-26(30(33)31(29)34)32(38)36-44(39,40)25-10-7-22(8-11-25)42-23-15-17-37(4-2)18-16-23/h7-14,19,21,23,28H,3-6,15-18,20H2,1-2H3,(H,36,38)/t28-/m1/s1. The summed E-state index contributed by atoms with van der Waals surface area (Å²) < 4.78 is 74.9. The van der Waals surface area contributed by atoms with Crippen molar-refractivity contribution in [3.05, 3.63) is 77.6 Å². The summed E-state index contributed by atoms with van der Waals surface area (Å²) in [5.41, 5.74) is -0.280. The molecule has 1 aromatic heterocycles. The van der Waals surface area contributed by atoms with Gasteiger partial charge in [-0.3, -0.25) is 9.78 Å². The number of nitrogens with zero attached hydrogens (tertiary/aromatic N) is 2. The normalized spacial score (nSPS) is 16.7. The van der Waals surface area contributed by atoms with Gasteiger partial charge in [-0.15, -0.1) is 0 Å². The Morgan fingerprint density at radius 3 is 2.30 bits per heavy atom. The van der Waals surface area contributed by atoms with Gasteiger partial charge in [0, 0.05) is 13.1 Å². The zero-order valence-corrected chi connectivity index (χ0v) is 25.6. The number of carbonyl (C=O) groups excluding carboxylic acids is 1. The van der Waals surface area contributed by atoms with E-state index >= 15 is 8.78 Å². The van der Waals surface area contributed by atoms with E-state index in [9.17, 15) is 13.2 Å². The molecule has 1 saturated carbocycles. The van der Waals surface area contributed by atoms with Gasteiger partial charge in [0.2, 0.25) is 5.82 Å². The summed E-state index contributed by atoms with van der Waals surface area (Å²) in [6, 6.07) is 11.1. The summed E-state index contributed by atoms with van der Waals surface area (Å²) in [5, 5.41) is 0. The van der Waals surface area contributed by atoms with Crippen molar-refractivity contribution in [2.24, 2.45) is 5.92 Å². The molecule has 2 aromatic carbocycles. The topological polar surface area (TPSA) is 107 Å². The molecule has 5 rings (SSSR count). The number of pyridine rings is 1. The number of amides is 1. The Hall–Kier alpha value is -3.77. The molecule has 2 aliphatic rings. The van der Waals surface area contributed by atoms with E-state index in [-0.39, 0.29) is 11.0 Å². The van der Waals surface area contributed by atoms with Crippen LogP contribution in [0, 0.1) is 17.6 Å². The largest absolute Gasteiger partial charge is 0.492 e. The van der Waals surface area contributed by atoms with Gasteiger partial charge in [0.05, 0.1) is 29.0 Å². The smallest absolute Gasteiger partial charge is 0.268 e. The van der Waals surface area contributed by atoms with Crippen LogP contribution in [0.25, 0.3) is 0 Å². The van der Waals surface area contributed by atoms with Crippen molar-refractivity contribution < 1.29 is 36.2 Å². The van der Waals surface area contributed by atoms with E-state index in [0.29, 0.717) is 36.1 Å². The van der Waals surface area contributed by atoms with Crippen molar-refractivity contribution in [2.45, 2.75) is 63.1 Å². The maximum absolute atomic E-state index is 15.0. The molecule has 1 amide bonds. The van der Waals surface area contributed by atoms with Crippen molar-refractivity contribution in [3.8, 4) is 17.2 Å². The minimum atomic E-state index is -4.38. The molecule has 1 saturated heterocycles. The highest BCUT2D eigenvalue weighted by Crippen LogP contribution is 2.31. The Bertz CT molecular complexity index is 1540. The monoisotopic (exact) mass is 629 g/mol. The second-order valence-electron chi connectivity index (χ2n) is 11.1. The minimum absolute atomic E-state index is 0.0328. The quantitative estimate of drug-likeness (QED) is 0.258. The SMILES string of the molecule is CC[C@@H](Oc1ccc(C(=O)NS(=O)(=O)c2ccc(OC3CCN(CC)CC3)cc2)c(F)c1F)c1ccc(OCC2CC2)cn1. The van der Waals surface area contributed by atoms with Crippen LogP contribution in [-0.2, 0) is 10.0 Å². The molecule has 1 atom stereocenters. The highest BCUT2D eigenvalue weighted by Gasteiger charge is 2.27. The molecule has 9 nitrogen and oxygen atoms in total. The summed E-state index contributed by atoms with van der Waals surface area (Å²) in [6.07, 6.45) is 5.37. The first-order chi connectivity index (χ1) is 21.2. The number of ether oxygens (including phenoxy) is 3. The van der Waals surface area contributed by atoms with Crippen LogP contribution in [0.1, 0.15) is 68.1 Å². The zero-order chi connectivity index (χ0) is 31.3. The van der Waals surface area contributed by atoms with E-state index < -0.39 is 45.0 Å². The predicted molar refractivity (Wildman–Crippen MR) is 159 cm³/mol. The van der Waals surface area contributed by atoms with E-state index in [2.05, 4.69) is 16.8 Å². The van der Waals surface area contributed by atoms with Gasteiger partial charge < -0.3 is 19.1 Å². The molecule has 0 unspecified atom stereocenters. The summed E-state index contributed by atoms with van der Waals surface area (Å²) >= 11 is 0. The molecule has 1 N–H and O–H groups in total. The van der Waals surface area contributed by atoms with E-state index in [1.165, 1.54) is 24.3 Å². The maximum Gasteiger partial charge on any atom is 0.268 e. The third-order valence-electron chi connectivity index (χ3n) is 7.85. The highest BCUT2D eigenvalue weighted by atomic mass is 32.2. The summed E-state index contributed by atoms with van der Waals surface area (Å²) in [6.45, 7) is 7.41. The van der Waals surface area contributed by atoms with Gasteiger partial charge in [-0.05, 0) is 93.1 Å². The Morgan fingerprint density at radius 1 is 0.977 bits per heavy atom. The van der Waals surface area contributed by atoms with Crippen LogP contribution in [0.3, 0.4) is 0 Å². The first-order valence-electron chi connectivity index (χ1n) is 15.0. The van der Waals surface area contributed by atoms with Crippen LogP contribution < -0.4 is 18.9 Å². The van der Waals surface area contributed by atoms with Crippen LogP contribution >= 0.6 is 0 Å². The number of rotatable bonds is 13. The van der Waals surface area contributed by atoms with Crippen LogP contribution in [0.4, 0.5) is 8.78 Å². The van der Waals surface area contributed by atoms with Crippen molar-refractivity contribution >= 4 is 15.9 Å². The van der Waals surface area contributed by atoms with Crippen molar-refractivity contribution in [1.82, 2.24) is 14.6 Å². The van der Waals surface area contributed by atoms with Crippen LogP contribution in [-0.4, -0.2) is 56.6 Å². The number of carbonyl (C=O) groups is 1. The molecule has 3 aromatic rings. The maximum atomic E-state index is 15.0. The number of hydrogen-bond acceptors (Lipinski definition) is 8. The van der Waals surface area contributed by atoms with Gasteiger partial charge in [-0.25, -0.2) is 17.5 Å². The fourth-order valence-corrected chi connectivity index (χ4v) is 5.91. The average Bonchev–Trinajstić information content (AvgIpc) is 3.86. The number of halogens is 2. The summed E-state index contributed by atoms with van der Waals surface area (Å²) in [4.78, 5) is 19.2. The number of nitrogens with one attached hydrogen (secondary N) is 1. The van der Waals surface area contributed by atoms with Crippen molar-refractivity contribution in [3.63, 3.8) is 0 Å².